The maximum Gasteiger partial charge on any atom is 0.0163 e. The molecule has 0 heterocycles. The molecular formula is C17H31N. The van der Waals surface area contributed by atoms with Crippen LogP contribution in [0.1, 0.15) is 53.4 Å². The lowest BCUT2D eigenvalue weighted by Crippen LogP contribution is -2.22. The number of likely N-dealkylation sites (N-methyl/N-ethyl adjacent to an activating group) is 1. The van der Waals surface area contributed by atoms with Gasteiger partial charge >= 0.3 is 0 Å². The fourth-order valence-electron chi connectivity index (χ4n) is 1.81. The summed E-state index contributed by atoms with van der Waals surface area (Å²) in [5.74, 6) is 0. The van der Waals surface area contributed by atoms with E-state index < -0.39 is 0 Å². The molecule has 0 aromatic carbocycles. The van der Waals surface area contributed by atoms with Gasteiger partial charge in [0.1, 0.15) is 0 Å². The fourth-order valence-corrected chi connectivity index (χ4v) is 1.81. The number of allylic oxidation sites excluding steroid dienone is 4. The third kappa shape index (κ3) is 10.3. The second kappa shape index (κ2) is 11.3. The van der Waals surface area contributed by atoms with Crippen LogP contribution in [-0.4, -0.2) is 24.5 Å². The molecule has 104 valence electrons. The highest BCUT2D eigenvalue weighted by Gasteiger charge is 1.93. The van der Waals surface area contributed by atoms with E-state index in [0.717, 1.165) is 32.5 Å². The standard InChI is InChI=1S/C17H31N/c1-6-18(7-2)15-11-10-14-17(5)13-9-8-12-16(3)4/h10-11,13H,3,6-9,12,14-15H2,1-2,4-5H3. The van der Waals surface area contributed by atoms with Gasteiger partial charge in [0.05, 0.1) is 0 Å². The van der Waals surface area contributed by atoms with Crippen molar-refractivity contribution in [1.82, 2.24) is 4.90 Å². The van der Waals surface area contributed by atoms with Crippen molar-refractivity contribution < 1.29 is 0 Å². The number of unbranched alkanes of at least 4 members (excludes halogenated alkanes) is 1. The van der Waals surface area contributed by atoms with Crippen LogP contribution in [-0.2, 0) is 0 Å². The van der Waals surface area contributed by atoms with E-state index in [1.165, 1.54) is 24.0 Å². The molecule has 0 aliphatic heterocycles. The summed E-state index contributed by atoms with van der Waals surface area (Å²) in [6, 6.07) is 0. The molecule has 18 heavy (non-hydrogen) atoms. The first-order valence-corrected chi connectivity index (χ1v) is 7.27. The lowest BCUT2D eigenvalue weighted by molar-refractivity contribution is 0.337. The molecule has 0 aromatic rings. The van der Waals surface area contributed by atoms with Crippen LogP contribution in [0, 0.1) is 0 Å². The maximum absolute atomic E-state index is 3.93. The largest absolute Gasteiger partial charge is 0.300 e. The highest BCUT2D eigenvalue weighted by Crippen LogP contribution is 2.08. The minimum Gasteiger partial charge on any atom is -0.300 e. The Hall–Kier alpha value is -0.820. The van der Waals surface area contributed by atoms with E-state index in [2.05, 4.69) is 57.4 Å². The first kappa shape index (κ1) is 17.2. The van der Waals surface area contributed by atoms with Gasteiger partial charge in [0.25, 0.3) is 0 Å². The average molecular weight is 249 g/mol. The van der Waals surface area contributed by atoms with Crippen molar-refractivity contribution >= 4 is 0 Å². The Morgan fingerprint density at radius 2 is 1.78 bits per heavy atom. The summed E-state index contributed by atoms with van der Waals surface area (Å²) in [7, 11) is 0. The zero-order valence-corrected chi connectivity index (χ0v) is 12.8. The maximum atomic E-state index is 3.93. The number of hydrogen-bond donors (Lipinski definition) is 0. The smallest absolute Gasteiger partial charge is 0.0163 e. The third-order valence-electron chi connectivity index (χ3n) is 3.17. The molecule has 0 aliphatic rings. The summed E-state index contributed by atoms with van der Waals surface area (Å²) in [5.41, 5.74) is 2.77. The van der Waals surface area contributed by atoms with Crippen LogP contribution in [0.3, 0.4) is 0 Å². The Balaban J connectivity index is 3.73. The summed E-state index contributed by atoms with van der Waals surface area (Å²) in [6.07, 6.45) is 11.6. The second-order valence-corrected chi connectivity index (χ2v) is 5.06. The molecule has 0 spiro atoms. The number of nitrogens with zero attached hydrogens (tertiary/aromatic N) is 1. The monoisotopic (exact) mass is 249 g/mol. The van der Waals surface area contributed by atoms with E-state index >= 15 is 0 Å². The molecule has 0 aromatic heterocycles. The van der Waals surface area contributed by atoms with Crippen LogP contribution < -0.4 is 0 Å². The summed E-state index contributed by atoms with van der Waals surface area (Å²) < 4.78 is 0. The van der Waals surface area contributed by atoms with Crippen LogP contribution in [0.25, 0.3) is 0 Å². The van der Waals surface area contributed by atoms with E-state index in [1.807, 2.05) is 0 Å². The molecule has 0 N–H and O–H groups in total. The molecule has 0 aliphatic carbocycles. The lowest BCUT2D eigenvalue weighted by atomic mass is 10.1. The molecule has 0 radical (unpaired) electrons. The van der Waals surface area contributed by atoms with Crippen LogP contribution >= 0.6 is 0 Å². The molecule has 0 saturated heterocycles. The van der Waals surface area contributed by atoms with Gasteiger partial charge in [0.15, 0.2) is 0 Å². The molecule has 0 atom stereocenters. The van der Waals surface area contributed by atoms with Crippen molar-refractivity contribution in [3.05, 3.63) is 36.0 Å². The average Bonchev–Trinajstić information content (AvgIpc) is 2.34. The van der Waals surface area contributed by atoms with Gasteiger partial charge in [-0.1, -0.05) is 43.2 Å². The van der Waals surface area contributed by atoms with Gasteiger partial charge in [-0.05, 0) is 52.6 Å². The highest BCUT2D eigenvalue weighted by atomic mass is 15.1. The van der Waals surface area contributed by atoms with Crippen LogP contribution in [0.2, 0.25) is 0 Å². The summed E-state index contributed by atoms with van der Waals surface area (Å²) in [5, 5.41) is 0. The number of hydrogen-bond acceptors (Lipinski definition) is 1. The summed E-state index contributed by atoms with van der Waals surface area (Å²) >= 11 is 0. The first-order valence-electron chi connectivity index (χ1n) is 7.27. The van der Waals surface area contributed by atoms with Crippen molar-refractivity contribution in [3.63, 3.8) is 0 Å². The molecule has 0 rings (SSSR count). The van der Waals surface area contributed by atoms with Gasteiger partial charge in [0.2, 0.25) is 0 Å². The quantitative estimate of drug-likeness (QED) is 0.390. The van der Waals surface area contributed by atoms with Crippen molar-refractivity contribution in [1.29, 1.82) is 0 Å². The van der Waals surface area contributed by atoms with Gasteiger partial charge in [0, 0.05) is 6.54 Å². The van der Waals surface area contributed by atoms with E-state index in [0.29, 0.717) is 0 Å². The summed E-state index contributed by atoms with van der Waals surface area (Å²) in [6.45, 7) is 16.0. The predicted molar refractivity (Wildman–Crippen MR) is 84.0 cm³/mol. The number of rotatable bonds is 10. The zero-order chi connectivity index (χ0) is 13.8. The molecule has 1 heteroatoms. The topological polar surface area (TPSA) is 3.24 Å². The molecule has 0 fully saturated rings. The molecule has 1 nitrogen and oxygen atoms in total. The Labute approximate surface area is 114 Å². The van der Waals surface area contributed by atoms with Gasteiger partial charge in [-0.3, -0.25) is 0 Å². The first-order chi connectivity index (χ1) is 8.60. The van der Waals surface area contributed by atoms with Crippen molar-refractivity contribution in [2.75, 3.05) is 19.6 Å². The van der Waals surface area contributed by atoms with Crippen molar-refractivity contribution in [2.24, 2.45) is 0 Å². The minimum atomic E-state index is 1.08. The normalized spacial score (nSPS) is 12.6. The Morgan fingerprint density at radius 3 is 2.33 bits per heavy atom. The van der Waals surface area contributed by atoms with Crippen molar-refractivity contribution in [3.8, 4) is 0 Å². The van der Waals surface area contributed by atoms with E-state index in [9.17, 15) is 0 Å². The predicted octanol–water partition coefficient (Wildman–Crippen LogP) is 4.97. The van der Waals surface area contributed by atoms with E-state index in [4.69, 9.17) is 0 Å². The molecule has 0 amide bonds. The van der Waals surface area contributed by atoms with Crippen LogP contribution in [0.15, 0.2) is 36.0 Å². The van der Waals surface area contributed by atoms with Crippen LogP contribution in [0.4, 0.5) is 0 Å². The van der Waals surface area contributed by atoms with Gasteiger partial charge in [-0.25, -0.2) is 0 Å². The highest BCUT2D eigenvalue weighted by molar-refractivity contribution is 5.05. The SMILES string of the molecule is C=C(C)CCCC=C(C)CC=CCN(CC)CC. The van der Waals surface area contributed by atoms with Gasteiger partial charge in [-0.15, -0.1) is 6.58 Å². The second-order valence-electron chi connectivity index (χ2n) is 5.06. The summed E-state index contributed by atoms with van der Waals surface area (Å²) in [4.78, 5) is 2.42. The Morgan fingerprint density at radius 1 is 1.11 bits per heavy atom. The molecular weight excluding hydrogens is 218 g/mol. The Bertz CT molecular complexity index is 269. The molecule has 0 unspecified atom stereocenters. The van der Waals surface area contributed by atoms with Crippen LogP contribution in [0.5, 0.6) is 0 Å². The zero-order valence-electron chi connectivity index (χ0n) is 12.8. The minimum absolute atomic E-state index is 1.08. The third-order valence-corrected chi connectivity index (χ3v) is 3.17. The van der Waals surface area contributed by atoms with E-state index in [1.54, 1.807) is 0 Å². The Kier molecular flexibility index (Phi) is 10.8. The van der Waals surface area contributed by atoms with Gasteiger partial charge < -0.3 is 4.90 Å². The van der Waals surface area contributed by atoms with Gasteiger partial charge in [-0.2, -0.15) is 0 Å². The lowest BCUT2D eigenvalue weighted by Gasteiger charge is -2.14. The molecule has 0 bridgehead atoms. The van der Waals surface area contributed by atoms with Crippen molar-refractivity contribution in [2.45, 2.75) is 53.4 Å². The fraction of sp³-hybridized carbons (Fsp3) is 0.647. The molecule has 0 saturated carbocycles. The van der Waals surface area contributed by atoms with E-state index in [-0.39, 0.29) is 0 Å².